The number of carboxylic acid groups (broad SMARTS) is 1. The van der Waals surface area contributed by atoms with Gasteiger partial charge in [0.1, 0.15) is 5.54 Å². The minimum atomic E-state index is -0.649. The van der Waals surface area contributed by atoms with Gasteiger partial charge >= 0.3 is 5.97 Å². The first kappa shape index (κ1) is 9.00. The van der Waals surface area contributed by atoms with Crippen molar-refractivity contribution in [2.24, 2.45) is 11.8 Å². The van der Waals surface area contributed by atoms with Crippen LogP contribution in [0.3, 0.4) is 0 Å². The molecule has 2 rings (SSSR count). The van der Waals surface area contributed by atoms with E-state index in [0.717, 1.165) is 13.0 Å². The van der Waals surface area contributed by atoms with E-state index >= 15 is 0 Å². The quantitative estimate of drug-likeness (QED) is 0.677. The molecule has 1 aliphatic heterocycles. The largest absolute Gasteiger partial charge is 0.480 e. The molecule has 2 N–H and O–H groups in total. The van der Waals surface area contributed by atoms with Crippen molar-refractivity contribution in [2.45, 2.75) is 38.1 Å². The molecule has 2 fully saturated rings. The summed E-state index contributed by atoms with van der Waals surface area (Å²) in [4.78, 5) is 11.2. The molecule has 0 amide bonds. The van der Waals surface area contributed by atoms with E-state index in [0.29, 0.717) is 18.3 Å². The maximum Gasteiger partial charge on any atom is 0.324 e. The third-order valence-electron chi connectivity index (χ3n) is 3.91. The van der Waals surface area contributed by atoms with Gasteiger partial charge in [0.25, 0.3) is 0 Å². The van der Waals surface area contributed by atoms with Crippen LogP contribution in [-0.4, -0.2) is 23.2 Å². The van der Waals surface area contributed by atoms with Crippen molar-refractivity contribution in [1.29, 1.82) is 0 Å². The Kier molecular flexibility index (Phi) is 2.06. The van der Waals surface area contributed by atoms with Crippen molar-refractivity contribution in [3.63, 3.8) is 0 Å². The zero-order valence-electron chi connectivity index (χ0n) is 8.05. The van der Waals surface area contributed by atoms with Crippen LogP contribution >= 0.6 is 0 Å². The molecule has 3 nitrogen and oxygen atoms in total. The molecular formula is C10H17NO2. The van der Waals surface area contributed by atoms with E-state index < -0.39 is 11.5 Å². The summed E-state index contributed by atoms with van der Waals surface area (Å²) in [6, 6.07) is 0. The summed E-state index contributed by atoms with van der Waals surface area (Å²) in [6.07, 6.45) is 4.24. The Hall–Kier alpha value is -0.570. The second-order valence-corrected chi connectivity index (χ2v) is 4.31. The van der Waals surface area contributed by atoms with Crippen LogP contribution in [0.15, 0.2) is 0 Å². The Morgan fingerprint density at radius 1 is 1.62 bits per heavy atom. The van der Waals surface area contributed by atoms with Crippen LogP contribution in [0.5, 0.6) is 0 Å². The fourth-order valence-corrected chi connectivity index (χ4v) is 3.15. The monoisotopic (exact) mass is 183 g/mol. The molecule has 3 unspecified atom stereocenters. The molecule has 0 aromatic rings. The summed E-state index contributed by atoms with van der Waals surface area (Å²) >= 11 is 0. The van der Waals surface area contributed by atoms with Crippen LogP contribution in [0.2, 0.25) is 0 Å². The molecule has 1 saturated heterocycles. The first-order valence-electron chi connectivity index (χ1n) is 5.19. The maximum absolute atomic E-state index is 11.2. The molecule has 74 valence electrons. The van der Waals surface area contributed by atoms with Crippen LogP contribution in [0.1, 0.15) is 32.6 Å². The zero-order chi connectivity index (χ0) is 9.47. The smallest absolute Gasteiger partial charge is 0.324 e. The SMILES string of the molecule is CCC1(C(=O)O)NCC2CCCC21. The van der Waals surface area contributed by atoms with Gasteiger partial charge in [-0.1, -0.05) is 13.3 Å². The highest BCUT2D eigenvalue weighted by molar-refractivity contribution is 5.80. The highest BCUT2D eigenvalue weighted by atomic mass is 16.4. The van der Waals surface area contributed by atoms with Gasteiger partial charge in [0.05, 0.1) is 0 Å². The van der Waals surface area contributed by atoms with Gasteiger partial charge in [-0.25, -0.2) is 0 Å². The number of aliphatic carboxylic acids is 1. The fourth-order valence-electron chi connectivity index (χ4n) is 3.15. The number of fused-ring (bicyclic) bond motifs is 1. The Labute approximate surface area is 78.5 Å². The lowest BCUT2D eigenvalue weighted by atomic mass is 9.80. The van der Waals surface area contributed by atoms with Crippen LogP contribution in [0, 0.1) is 11.8 Å². The van der Waals surface area contributed by atoms with Crippen molar-refractivity contribution in [1.82, 2.24) is 5.32 Å². The van der Waals surface area contributed by atoms with Crippen molar-refractivity contribution >= 4 is 5.97 Å². The molecule has 0 bridgehead atoms. The molecule has 13 heavy (non-hydrogen) atoms. The Balaban J connectivity index is 2.25. The van der Waals surface area contributed by atoms with Crippen LogP contribution in [0.4, 0.5) is 0 Å². The fraction of sp³-hybridized carbons (Fsp3) is 0.900. The molecule has 3 atom stereocenters. The van der Waals surface area contributed by atoms with Crippen molar-refractivity contribution in [3.8, 4) is 0 Å². The van der Waals surface area contributed by atoms with E-state index in [-0.39, 0.29) is 0 Å². The van der Waals surface area contributed by atoms with Gasteiger partial charge in [0.2, 0.25) is 0 Å². The number of hydrogen-bond donors (Lipinski definition) is 2. The molecule has 0 radical (unpaired) electrons. The van der Waals surface area contributed by atoms with E-state index in [9.17, 15) is 9.90 Å². The molecular weight excluding hydrogens is 166 g/mol. The van der Waals surface area contributed by atoms with Crippen LogP contribution < -0.4 is 5.32 Å². The van der Waals surface area contributed by atoms with Crippen LogP contribution in [-0.2, 0) is 4.79 Å². The molecule has 1 aliphatic carbocycles. The van der Waals surface area contributed by atoms with Gasteiger partial charge in [-0.05, 0) is 37.6 Å². The van der Waals surface area contributed by atoms with Gasteiger partial charge in [-0.15, -0.1) is 0 Å². The number of rotatable bonds is 2. The van der Waals surface area contributed by atoms with E-state index in [1.54, 1.807) is 0 Å². The summed E-state index contributed by atoms with van der Waals surface area (Å²) in [5.74, 6) is 0.357. The Bertz CT molecular complexity index is 229. The molecule has 0 aromatic heterocycles. The minimum Gasteiger partial charge on any atom is -0.480 e. The van der Waals surface area contributed by atoms with Crippen molar-refractivity contribution in [2.75, 3.05) is 6.54 Å². The van der Waals surface area contributed by atoms with Gasteiger partial charge in [0, 0.05) is 0 Å². The standard InChI is InChI=1S/C10H17NO2/c1-2-10(9(12)13)8-5-3-4-7(8)6-11-10/h7-8,11H,2-6H2,1H3,(H,12,13). The topological polar surface area (TPSA) is 49.3 Å². The third kappa shape index (κ3) is 1.10. The van der Waals surface area contributed by atoms with Crippen molar-refractivity contribution in [3.05, 3.63) is 0 Å². The second kappa shape index (κ2) is 2.98. The molecule has 1 saturated carbocycles. The van der Waals surface area contributed by atoms with E-state index in [1.807, 2.05) is 6.92 Å². The molecule has 2 aliphatic rings. The predicted molar refractivity (Wildman–Crippen MR) is 49.5 cm³/mol. The Morgan fingerprint density at radius 3 is 3.00 bits per heavy atom. The summed E-state index contributed by atoms with van der Waals surface area (Å²) in [7, 11) is 0. The summed E-state index contributed by atoms with van der Waals surface area (Å²) in [5.41, 5.74) is -0.596. The number of nitrogens with one attached hydrogen (secondary N) is 1. The van der Waals surface area contributed by atoms with Gasteiger partial charge in [-0.3, -0.25) is 4.79 Å². The summed E-state index contributed by atoms with van der Waals surface area (Å²) in [6.45, 7) is 2.88. The molecule has 0 aromatic carbocycles. The van der Waals surface area contributed by atoms with E-state index in [4.69, 9.17) is 0 Å². The first-order valence-corrected chi connectivity index (χ1v) is 5.19. The van der Waals surface area contributed by atoms with E-state index in [2.05, 4.69) is 5.32 Å². The van der Waals surface area contributed by atoms with Crippen LogP contribution in [0.25, 0.3) is 0 Å². The average Bonchev–Trinajstić information content (AvgIpc) is 2.62. The molecule has 0 spiro atoms. The number of hydrogen-bond acceptors (Lipinski definition) is 2. The second-order valence-electron chi connectivity index (χ2n) is 4.31. The highest BCUT2D eigenvalue weighted by Gasteiger charge is 2.53. The summed E-state index contributed by atoms with van der Waals surface area (Å²) in [5, 5.41) is 12.5. The van der Waals surface area contributed by atoms with Gasteiger partial charge in [-0.2, -0.15) is 0 Å². The lowest BCUT2D eigenvalue weighted by Crippen LogP contribution is -2.51. The Morgan fingerprint density at radius 2 is 2.38 bits per heavy atom. The van der Waals surface area contributed by atoms with Gasteiger partial charge < -0.3 is 10.4 Å². The molecule has 1 heterocycles. The number of carboxylic acids is 1. The van der Waals surface area contributed by atoms with E-state index in [1.165, 1.54) is 12.8 Å². The zero-order valence-corrected chi connectivity index (χ0v) is 8.05. The molecule has 3 heteroatoms. The first-order chi connectivity index (χ1) is 6.20. The minimum absolute atomic E-state index is 0.384. The summed E-state index contributed by atoms with van der Waals surface area (Å²) < 4.78 is 0. The maximum atomic E-state index is 11.2. The lowest BCUT2D eigenvalue weighted by Gasteiger charge is -2.29. The number of carbonyl (C=O) groups is 1. The lowest BCUT2D eigenvalue weighted by molar-refractivity contribution is -0.146. The van der Waals surface area contributed by atoms with Crippen molar-refractivity contribution < 1.29 is 9.90 Å². The highest BCUT2D eigenvalue weighted by Crippen LogP contribution is 2.44. The third-order valence-corrected chi connectivity index (χ3v) is 3.91. The van der Waals surface area contributed by atoms with Gasteiger partial charge in [0.15, 0.2) is 0 Å². The normalized spacial score (nSPS) is 43.5. The average molecular weight is 183 g/mol. The predicted octanol–water partition coefficient (Wildman–Crippen LogP) is 1.24.